The quantitative estimate of drug-likeness (QED) is 0.367. The first-order valence-corrected chi connectivity index (χ1v) is 8.06. The van der Waals surface area contributed by atoms with Crippen molar-refractivity contribution in [3.8, 4) is 23.7 Å². The largest absolute Gasteiger partial charge is 0.286 e. The third-order valence-corrected chi connectivity index (χ3v) is 3.71. The van der Waals surface area contributed by atoms with Gasteiger partial charge in [0.25, 0.3) is 5.69 Å². The number of hydrogen-bond donors (Lipinski definition) is 0. The monoisotopic (exact) mass is 337 g/mol. The molecular formula is C23H15NO2. The van der Waals surface area contributed by atoms with Crippen molar-refractivity contribution in [1.82, 2.24) is 0 Å². The molecule has 0 fully saturated rings. The van der Waals surface area contributed by atoms with E-state index < -0.39 is 4.92 Å². The summed E-state index contributed by atoms with van der Waals surface area (Å²) in [6.07, 6.45) is 0. The molecule has 0 atom stereocenters. The summed E-state index contributed by atoms with van der Waals surface area (Å²) in [5.74, 6) is 11.8. The van der Waals surface area contributed by atoms with Crippen LogP contribution in [0.2, 0.25) is 0 Å². The molecule has 0 N–H and O–H groups in total. The molecule has 0 aliphatic rings. The molecule has 0 aromatic heterocycles. The van der Waals surface area contributed by atoms with E-state index in [2.05, 4.69) is 23.7 Å². The molecule has 0 radical (unpaired) electrons. The highest BCUT2D eigenvalue weighted by molar-refractivity contribution is 5.58. The molecule has 3 rings (SSSR count). The van der Waals surface area contributed by atoms with Crippen molar-refractivity contribution in [2.75, 3.05) is 0 Å². The zero-order valence-electron chi connectivity index (χ0n) is 14.2. The molecule has 3 heteroatoms. The summed E-state index contributed by atoms with van der Waals surface area (Å²) in [6.45, 7) is 2.00. The highest BCUT2D eigenvalue weighted by atomic mass is 16.6. The maximum absolute atomic E-state index is 11.4. The van der Waals surface area contributed by atoms with Crippen LogP contribution in [0.3, 0.4) is 0 Å². The fourth-order valence-corrected chi connectivity index (χ4v) is 2.31. The second-order valence-electron chi connectivity index (χ2n) is 5.72. The number of nitrogens with zero attached hydrogens (tertiary/aromatic N) is 1. The van der Waals surface area contributed by atoms with Crippen LogP contribution in [0.15, 0.2) is 72.8 Å². The summed E-state index contributed by atoms with van der Waals surface area (Å²) in [4.78, 5) is 11.0. The van der Waals surface area contributed by atoms with Crippen LogP contribution in [0, 0.1) is 40.7 Å². The Bertz CT molecular complexity index is 1060. The number of nitro groups is 1. The number of rotatable bonds is 1. The van der Waals surface area contributed by atoms with Crippen LogP contribution >= 0.6 is 0 Å². The third-order valence-electron chi connectivity index (χ3n) is 3.71. The van der Waals surface area contributed by atoms with E-state index in [-0.39, 0.29) is 5.69 Å². The molecule has 0 unspecified atom stereocenters. The maximum Gasteiger partial charge on any atom is 0.286 e. The molecule has 0 saturated heterocycles. The van der Waals surface area contributed by atoms with Crippen LogP contribution in [0.25, 0.3) is 0 Å². The molecule has 0 heterocycles. The fourth-order valence-electron chi connectivity index (χ4n) is 2.31. The van der Waals surface area contributed by atoms with Gasteiger partial charge in [-0.3, -0.25) is 10.1 Å². The molecule has 3 aromatic carbocycles. The average Bonchev–Trinajstić information content (AvgIpc) is 2.67. The van der Waals surface area contributed by atoms with Gasteiger partial charge in [0, 0.05) is 22.8 Å². The Morgan fingerprint density at radius 3 is 2.00 bits per heavy atom. The lowest BCUT2D eigenvalue weighted by Gasteiger charge is -1.97. The molecular weight excluding hydrogens is 322 g/mol. The van der Waals surface area contributed by atoms with Crippen molar-refractivity contribution >= 4 is 5.69 Å². The van der Waals surface area contributed by atoms with E-state index in [9.17, 15) is 10.1 Å². The minimum absolute atomic E-state index is 0.0375. The van der Waals surface area contributed by atoms with Gasteiger partial charge in [-0.15, -0.1) is 0 Å². The van der Waals surface area contributed by atoms with Gasteiger partial charge in [0.15, 0.2) is 0 Å². The molecule has 0 aliphatic heterocycles. The van der Waals surface area contributed by atoms with Gasteiger partial charge in [0.05, 0.1) is 4.92 Å². The Kier molecular flexibility index (Phi) is 5.13. The van der Waals surface area contributed by atoms with E-state index in [1.165, 1.54) is 6.07 Å². The Hall–Kier alpha value is -3.82. The highest BCUT2D eigenvalue weighted by Gasteiger charge is 2.12. The summed E-state index contributed by atoms with van der Waals surface area (Å²) in [7, 11) is 0. The fraction of sp³-hybridized carbons (Fsp3) is 0.0435. The van der Waals surface area contributed by atoms with Crippen molar-refractivity contribution in [3.63, 3.8) is 0 Å². The summed E-state index contributed by atoms with van der Waals surface area (Å²) in [5, 5.41) is 11.4. The van der Waals surface area contributed by atoms with Gasteiger partial charge < -0.3 is 0 Å². The molecule has 0 amide bonds. The Morgan fingerprint density at radius 1 is 0.731 bits per heavy atom. The summed E-state index contributed by atoms with van der Waals surface area (Å²) in [6, 6.07) is 22.1. The first-order valence-electron chi connectivity index (χ1n) is 8.06. The maximum atomic E-state index is 11.4. The van der Waals surface area contributed by atoms with Gasteiger partial charge in [-0.1, -0.05) is 59.6 Å². The van der Waals surface area contributed by atoms with Crippen LogP contribution < -0.4 is 0 Å². The van der Waals surface area contributed by atoms with Crippen molar-refractivity contribution in [1.29, 1.82) is 0 Å². The van der Waals surface area contributed by atoms with Crippen LogP contribution in [-0.4, -0.2) is 4.92 Å². The molecule has 124 valence electrons. The Balaban J connectivity index is 1.92. The first-order chi connectivity index (χ1) is 12.6. The van der Waals surface area contributed by atoms with Crippen molar-refractivity contribution < 1.29 is 4.92 Å². The van der Waals surface area contributed by atoms with Crippen LogP contribution in [-0.2, 0) is 0 Å². The second kappa shape index (κ2) is 7.83. The minimum atomic E-state index is -0.424. The van der Waals surface area contributed by atoms with Crippen LogP contribution in [0.5, 0.6) is 0 Å². The third kappa shape index (κ3) is 4.38. The molecule has 0 saturated carbocycles. The molecule has 0 aliphatic carbocycles. The summed E-state index contributed by atoms with van der Waals surface area (Å²) < 4.78 is 0. The Morgan fingerprint density at radius 2 is 1.31 bits per heavy atom. The zero-order chi connectivity index (χ0) is 18.4. The second-order valence-corrected chi connectivity index (χ2v) is 5.72. The standard InChI is InChI=1S/C23H15NO2/c1-18-7-9-20(10-8-18)13-15-22-16-14-21(17-23(22)24(25)26)12-11-19-5-3-2-4-6-19/h2-10,14,16-17H,1H3. The van der Waals surface area contributed by atoms with E-state index >= 15 is 0 Å². The lowest BCUT2D eigenvalue weighted by Crippen LogP contribution is -1.93. The SMILES string of the molecule is Cc1ccc(C#Cc2ccc(C#Cc3ccccc3)cc2[N+](=O)[O-])cc1. The smallest absolute Gasteiger partial charge is 0.258 e. The summed E-state index contributed by atoms with van der Waals surface area (Å²) in [5.41, 5.74) is 3.74. The number of aryl methyl sites for hydroxylation is 1. The molecule has 26 heavy (non-hydrogen) atoms. The lowest BCUT2D eigenvalue weighted by atomic mass is 10.1. The van der Waals surface area contributed by atoms with Gasteiger partial charge >= 0.3 is 0 Å². The molecule has 0 spiro atoms. The van der Waals surface area contributed by atoms with Gasteiger partial charge in [-0.2, -0.15) is 0 Å². The predicted octanol–water partition coefficient (Wildman–Crippen LogP) is 4.70. The van der Waals surface area contributed by atoms with Crippen molar-refractivity contribution in [2.45, 2.75) is 6.92 Å². The number of benzene rings is 3. The molecule has 3 nitrogen and oxygen atoms in total. The zero-order valence-corrected chi connectivity index (χ0v) is 14.2. The van der Waals surface area contributed by atoms with Gasteiger partial charge in [-0.05, 0) is 43.3 Å². The van der Waals surface area contributed by atoms with Crippen LogP contribution in [0.1, 0.15) is 27.8 Å². The van der Waals surface area contributed by atoms with E-state index in [1.807, 2.05) is 61.5 Å². The first kappa shape index (κ1) is 17.0. The van der Waals surface area contributed by atoms with Crippen LogP contribution in [0.4, 0.5) is 5.69 Å². The van der Waals surface area contributed by atoms with Crippen molar-refractivity contribution in [3.05, 3.63) is 111 Å². The van der Waals surface area contributed by atoms with E-state index in [4.69, 9.17) is 0 Å². The van der Waals surface area contributed by atoms with E-state index in [0.29, 0.717) is 11.1 Å². The van der Waals surface area contributed by atoms with E-state index in [0.717, 1.165) is 16.7 Å². The van der Waals surface area contributed by atoms with E-state index in [1.54, 1.807) is 12.1 Å². The van der Waals surface area contributed by atoms with Crippen molar-refractivity contribution in [2.24, 2.45) is 0 Å². The summed E-state index contributed by atoms with van der Waals surface area (Å²) >= 11 is 0. The minimum Gasteiger partial charge on any atom is -0.258 e. The van der Waals surface area contributed by atoms with Gasteiger partial charge in [0.2, 0.25) is 0 Å². The lowest BCUT2D eigenvalue weighted by molar-refractivity contribution is -0.385. The topological polar surface area (TPSA) is 43.1 Å². The predicted molar refractivity (Wildman–Crippen MR) is 103 cm³/mol. The molecule has 0 bridgehead atoms. The number of hydrogen-bond acceptors (Lipinski definition) is 2. The Labute approximate surface area is 152 Å². The highest BCUT2D eigenvalue weighted by Crippen LogP contribution is 2.19. The normalized spacial score (nSPS) is 9.42. The molecule has 3 aromatic rings. The average molecular weight is 337 g/mol. The van der Waals surface area contributed by atoms with Gasteiger partial charge in [-0.25, -0.2) is 0 Å². The number of nitro benzene ring substituents is 1. The van der Waals surface area contributed by atoms with Gasteiger partial charge in [0.1, 0.15) is 5.56 Å².